The van der Waals surface area contributed by atoms with E-state index in [0.29, 0.717) is 30.5 Å². The Morgan fingerprint density at radius 2 is 1.93 bits per heavy atom. The van der Waals surface area contributed by atoms with Crippen LogP contribution in [0, 0.1) is 0 Å². The van der Waals surface area contributed by atoms with Crippen molar-refractivity contribution in [3.8, 4) is 17.3 Å². The first kappa shape index (κ1) is 18.1. The van der Waals surface area contributed by atoms with Crippen molar-refractivity contribution in [2.45, 2.75) is 11.4 Å². The van der Waals surface area contributed by atoms with Crippen LogP contribution in [0.15, 0.2) is 52.7 Å². The number of hydrogen-bond acceptors (Lipinski definition) is 8. The number of ether oxygens (including phenoxy) is 2. The van der Waals surface area contributed by atoms with Crippen molar-refractivity contribution in [2.75, 3.05) is 19.8 Å². The predicted octanol–water partition coefficient (Wildman–Crippen LogP) is -0.426. The lowest BCUT2D eigenvalue weighted by Crippen LogP contribution is -2.32. The molecule has 1 N–H and O–H groups in total. The van der Waals surface area contributed by atoms with Crippen LogP contribution < -0.4 is 19.8 Å². The van der Waals surface area contributed by atoms with Gasteiger partial charge in [0.05, 0.1) is 11.4 Å². The molecule has 0 radical (unpaired) electrons. The van der Waals surface area contributed by atoms with Crippen LogP contribution in [-0.4, -0.2) is 52.7 Å². The standard InChI is InChI=1S/C16H16N6O5S/c23-16-4-3-15(22-11-17-10-18-22)20-21(16)6-5-19-28(24,25)12-1-2-13-14(9-12)27-8-7-26-13/h1-4,9-11,19H,5-8H2. The van der Waals surface area contributed by atoms with Gasteiger partial charge in [0.25, 0.3) is 5.56 Å². The maximum atomic E-state index is 12.5. The monoisotopic (exact) mass is 404 g/mol. The Balaban J connectivity index is 1.46. The van der Waals surface area contributed by atoms with Crippen molar-refractivity contribution in [3.05, 3.63) is 53.3 Å². The summed E-state index contributed by atoms with van der Waals surface area (Å²) in [5.41, 5.74) is -0.359. The highest BCUT2D eigenvalue weighted by Crippen LogP contribution is 2.32. The topological polar surface area (TPSA) is 130 Å². The number of nitrogens with zero attached hydrogens (tertiary/aromatic N) is 5. The summed E-state index contributed by atoms with van der Waals surface area (Å²) in [4.78, 5) is 15.8. The molecule has 3 aromatic rings. The lowest BCUT2D eigenvalue weighted by atomic mass is 10.3. The molecule has 1 aliphatic heterocycles. The van der Waals surface area contributed by atoms with Gasteiger partial charge >= 0.3 is 0 Å². The molecule has 0 atom stereocenters. The smallest absolute Gasteiger partial charge is 0.266 e. The van der Waals surface area contributed by atoms with Gasteiger partial charge in [0.15, 0.2) is 17.3 Å². The summed E-state index contributed by atoms with van der Waals surface area (Å²) >= 11 is 0. The maximum absolute atomic E-state index is 12.5. The molecule has 28 heavy (non-hydrogen) atoms. The molecule has 0 fully saturated rings. The highest BCUT2D eigenvalue weighted by molar-refractivity contribution is 7.89. The summed E-state index contributed by atoms with van der Waals surface area (Å²) in [5.74, 6) is 1.28. The van der Waals surface area contributed by atoms with Gasteiger partial charge in [-0.15, -0.1) is 5.10 Å². The molecule has 1 aromatic carbocycles. The molecule has 0 bridgehead atoms. The molecule has 3 heterocycles. The molecule has 11 nitrogen and oxygen atoms in total. The molecule has 0 aliphatic carbocycles. The van der Waals surface area contributed by atoms with Crippen molar-refractivity contribution >= 4 is 10.0 Å². The minimum absolute atomic E-state index is 0.0233. The van der Waals surface area contributed by atoms with E-state index in [1.807, 2.05) is 0 Å². The minimum Gasteiger partial charge on any atom is -0.486 e. The predicted molar refractivity (Wildman–Crippen MR) is 96.0 cm³/mol. The van der Waals surface area contributed by atoms with Crippen LogP contribution >= 0.6 is 0 Å². The summed E-state index contributed by atoms with van der Waals surface area (Å²) in [7, 11) is -3.79. The molecule has 12 heteroatoms. The van der Waals surface area contributed by atoms with Gasteiger partial charge in [-0.25, -0.2) is 27.5 Å². The fourth-order valence-corrected chi connectivity index (χ4v) is 3.64. The fourth-order valence-electron chi connectivity index (χ4n) is 2.61. The average Bonchev–Trinajstić information content (AvgIpc) is 3.24. The van der Waals surface area contributed by atoms with Crippen LogP contribution in [0.5, 0.6) is 11.5 Å². The number of benzene rings is 1. The maximum Gasteiger partial charge on any atom is 0.266 e. The normalized spacial score (nSPS) is 13.4. The van der Waals surface area contributed by atoms with Crippen LogP contribution in [0.2, 0.25) is 0 Å². The first-order valence-electron chi connectivity index (χ1n) is 8.35. The van der Waals surface area contributed by atoms with Gasteiger partial charge in [0.2, 0.25) is 10.0 Å². The van der Waals surface area contributed by atoms with Gasteiger partial charge in [0.1, 0.15) is 25.9 Å². The molecule has 1 aliphatic rings. The highest BCUT2D eigenvalue weighted by atomic mass is 32.2. The van der Waals surface area contributed by atoms with Crippen LogP contribution in [0.1, 0.15) is 0 Å². The Kier molecular flexibility index (Phi) is 4.79. The summed E-state index contributed by atoms with van der Waals surface area (Å²) in [6, 6.07) is 7.24. The van der Waals surface area contributed by atoms with Gasteiger partial charge in [-0.3, -0.25) is 4.79 Å². The molecule has 146 valence electrons. The highest BCUT2D eigenvalue weighted by Gasteiger charge is 2.19. The zero-order valence-electron chi connectivity index (χ0n) is 14.6. The van der Waals surface area contributed by atoms with Crippen LogP contribution in [0.4, 0.5) is 0 Å². The van der Waals surface area contributed by atoms with Gasteiger partial charge in [-0.2, -0.15) is 5.10 Å². The number of rotatable bonds is 6. The first-order chi connectivity index (χ1) is 13.5. The number of hydrogen-bond donors (Lipinski definition) is 1. The third-order valence-corrected chi connectivity index (χ3v) is 5.40. The van der Waals surface area contributed by atoms with E-state index in [2.05, 4.69) is 19.9 Å². The quantitative estimate of drug-likeness (QED) is 0.586. The summed E-state index contributed by atoms with van der Waals surface area (Å²) < 4.78 is 40.8. The molecular weight excluding hydrogens is 388 g/mol. The average molecular weight is 404 g/mol. The van der Waals surface area contributed by atoms with Crippen molar-refractivity contribution in [3.63, 3.8) is 0 Å². The van der Waals surface area contributed by atoms with E-state index in [1.54, 1.807) is 6.07 Å². The van der Waals surface area contributed by atoms with Crippen LogP contribution in [-0.2, 0) is 16.6 Å². The SMILES string of the molecule is O=c1ccc(-n2cncn2)nn1CCNS(=O)(=O)c1ccc2c(c1)OCCO2. The van der Waals surface area contributed by atoms with E-state index in [1.165, 1.54) is 41.6 Å². The molecule has 0 saturated carbocycles. The van der Waals surface area contributed by atoms with Crippen molar-refractivity contribution in [1.29, 1.82) is 0 Å². The molecule has 0 saturated heterocycles. The second-order valence-corrected chi connectivity index (χ2v) is 7.56. The minimum atomic E-state index is -3.79. The molecule has 0 spiro atoms. The number of sulfonamides is 1. The Bertz CT molecular complexity index is 1140. The molecular formula is C16H16N6O5S. The van der Waals surface area contributed by atoms with E-state index in [9.17, 15) is 13.2 Å². The largest absolute Gasteiger partial charge is 0.486 e. The van der Waals surface area contributed by atoms with Gasteiger partial charge in [-0.05, 0) is 18.2 Å². The second-order valence-electron chi connectivity index (χ2n) is 5.80. The molecule has 0 amide bonds. The summed E-state index contributed by atoms with van der Waals surface area (Å²) in [5, 5.41) is 8.10. The van der Waals surface area contributed by atoms with E-state index in [4.69, 9.17) is 9.47 Å². The van der Waals surface area contributed by atoms with Crippen LogP contribution in [0.3, 0.4) is 0 Å². The van der Waals surface area contributed by atoms with Crippen molar-refractivity contribution in [1.82, 2.24) is 29.3 Å². The third-order valence-electron chi connectivity index (χ3n) is 3.95. The molecule has 4 rings (SSSR count). The van der Waals surface area contributed by atoms with E-state index in [-0.39, 0.29) is 23.5 Å². The Morgan fingerprint density at radius 1 is 1.11 bits per heavy atom. The van der Waals surface area contributed by atoms with E-state index in [0.717, 1.165) is 4.68 Å². The Hall–Kier alpha value is -3.25. The zero-order chi connectivity index (χ0) is 19.6. The second kappa shape index (κ2) is 7.40. The Labute approximate surface area is 159 Å². The van der Waals surface area contributed by atoms with Gasteiger partial charge in [-0.1, -0.05) is 0 Å². The summed E-state index contributed by atoms with van der Waals surface area (Å²) in [6.07, 6.45) is 2.79. The third kappa shape index (κ3) is 3.73. The molecule has 2 aromatic heterocycles. The van der Waals surface area contributed by atoms with Gasteiger partial charge < -0.3 is 9.47 Å². The number of fused-ring (bicyclic) bond motifs is 1. The number of aromatic nitrogens is 5. The van der Waals surface area contributed by atoms with Crippen molar-refractivity contribution < 1.29 is 17.9 Å². The lowest BCUT2D eigenvalue weighted by Gasteiger charge is -2.19. The van der Waals surface area contributed by atoms with Crippen molar-refractivity contribution in [2.24, 2.45) is 0 Å². The Morgan fingerprint density at radius 3 is 2.71 bits per heavy atom. The first-order valence-corrected chi connectivity index (χ1v) is 9.84. The zero-order valence-corrected chi connectivity index (χ0v) is 15.4. The number of nitrogens with one attached hydrogen (secondary N) is 1. The lowest BCUT2D eigenvalue weighted by molar-refractivity contribution is 0.171. The fraction of sp³-hybridized carbons (Fsp3) is 0.250. The van der Waals surface area contributed by atoms with E-state index >= 15 is 0 Å². The molecule has 0 unspecified atom stereocenters. The van der Waals surface area contributed by atoms with Crippen LogP contribution in [0.25, 0.3) is 5.82 Å². The van der Waals surface area contributed by atoms with Gasteiger partial charge in [0, 0.05) is 18.7 Å². The summed E-state index contributed by atoms with van der Waals surface area (Å²) in [6.45, 7) is 0.809. The van der Waals surface area contributed by atoms with E-state index < -0.39 is 10.0 Å².